The summed E-state index contributed by atoms with van der Waals surface area (Å²) in [5.74, 6) is -0.778. The van der Waals surface area contributed by atoms with Gasteiger partial charge in [-0.2, -0.15) is 4.99 Å². The molecule has 7 heteroatoms. The minimum atomic E-state index is -0.229. The molecule has 0 amide bonds. The quantitative estimate of drug-likeness (QED) is 0.448. The lowest BCUT2D eigenvalue weighted by Gasteiger charge is -2.17. The molecule has 6 N–H and O–H groups in total. The van der Waals surface area contributed by atoms with Crippen molar-refractivity contribution in [2.45, 2.75) is 0 Å². The molecule has 2 aromatic carbocycles. The van der Waals surface area contributed by atoms with Crippen LogP contribution in [0.25, 0.3) is 0 Å². The summed E-state index contributed by atoms with van der Waals surface area (Å²) in [6, 6.07) is 11.3. The lowest BCUT2D eigenvalue weighted by Crippen LogP contribution is -2.26. The summed E-state index contributed by atoms with van der Waals surface area (Å²) in [7, 11) is 0. The standard InChI is InChI=1S/C16H13N5O2/c17-15(18)21-16(19)20-8-5-6-11-12(7-8)14(23)10-4-2-1-3-9(10)13(11)22/h1-7H,(H6,17,18,19,20,21). The topological polar surface area (TPSA) is 137 Å². The van der Waals surface area contributed by atoms with Crippen LogP contribution < -0.4 is 17.2 Å². The summed E-state index contributed by atoms with van der Waals surface area (Å²) < 4.78 is 0. The largest absolute Gasteiger partial charge is 0.370 e. The number of benzene rings is 2. The van der Waals surface area contributed by atoms with Gasteiger partial charge in [-0.1, -0.05) is 24.3 Å². The second-order valence-electron chi connectivity index (χ2n) is 4.94. The number of carbonyl (C=O) groups excluding carboxylic acids is 2. The molecule has 3 rings (SSSR count). The Kier molecular flexibility index (Phi) is 3.38. The molecule has 23 heavy (non-hydrogen) atoms. The number of carbonyl (C=O) groups is 2. The Labute approximate surface area is 131 Å². The molecular formula is C16H13N5O2. The molecule has 1 aliphatic rings. The van der Waals surface area contributed by atoms with Crippen LogP contribution in [0.15, 0.2) is 52.4 Å². The Hall–Kier alpha value is -3.48. The molecule has 0 fully saturated rings. The summed E-state index contributed by atoms with van der Waals surface area (Å²) in [6.07, 6.45) is 0. The van der Waals surface area contributed by atoms with Crippen molar-refractivity contribution in [3.8, 4) is 0 Å². The highest BCUT2D eigenvalue weighted by Crippen LogP contribution is 2.29. The predicted octanol–water partition coefficient (Wildman–Crippen LogP) is 0.682. The van der Waals surface area contributed by atoms with E-state index in [0.717, 1.165) is 0 Å². The normalized spacial score (nSPS) is 13.3. The van der Waals surface area contributed by atoms with Crippen molar-refractivity contribution in [1.82, 2.24) is 0 Å². The van der Waals surface area contributed by atoms with Crippen molar-refractivity contribution in [3.63, 3.8) is 0 Å². The summed E-state index contributed by atoms with van der Waals surface area (Å²) in [5.41, 5.74) is 17.8. The van der Waals surface area contributed by atoms with Crippen LogP contribution in [0.3, 0.4) is 0 Å². The molecule has 0 unspecified atom stereocenters. The zero-order valence-corrected chi connectivity index (χ0v) is 12.0. The molecule has 0 heterocycles. The minimum Gasteiger partial charge on any atom is -0.370 e. The first kappa shape index (κ1) is 14.5. The van der Waals surface area contributed by atoms with Gasteiger partial charge >= 0.3 is 0 Å². The van der Waals surface area contributed by atoms with E-state index in [4.69, 9.17) is 17.2 Å². The number of rotatable bonds is 1. The molecular weight excluding hydrogens is 294 g/mol. The maximum Gasteiger partial charge on any atom is 0.223 e. The Balaban J connectivity index is 2.09. The van der Waals surface area contributed by atoms with Crippen LogP contribution in [-0.4, -0.2) is 23.5 Å². The Bertz CT molecular complexity index is 895. The third kappa shape index (κ3) is 2.55. The van der Waals surface area contributed by atoms with Gasteiger partial charge in [-0.05, 0) is 18.2 Å². The molecule has 1 aliphatic carbocycles. The third-order valence-electron chi connectivity index (χ3n) is 3.40. The number of hydrogen-bond acceptors (Lipinski definition) is 3. The van der Waals surface area contributed by atoms with Gasteiger partial charge in [0.15, 0.2) is 17.5 Å². The molecule has 7 nitrogen and oxygen atoms in total. The van der Waals surface area contributed by atoms with Crippen molar-refractivity contribution in [2.24, 2.45) is 27.2 Å². The average Bonchev–Trinajstić information content (AvgIpc) is 2.51. The second kappa shape index (κ2) is 5.38. The Morgan fingerprint density at radius 2 is 1.35 bits per heavy atom. The second-order valence-corrected chi connectivity index (χ2v) is 4.94. The van der Waals surface area contributed by atoms with E-state index in [2.05, 4.69) is 9.98 Å². The zero-order chi connectivity index (χ0) is 16.6. The van der Waals surface area contributed by atoms with Crippen LogP contribution in [0.4, 0.5) is 5.69 Å². The monoisotopic (exact) mass is 307 g/mol. The number of nitrogens with two attached hydrogens (primary N) is 3. The van der Waals surface area contributed by atoms with Crippen LogP contribution in [0.1, 0.15) is 31.8 Å². The molecule has 0 saturated heterocycles. The Morgan fingerprint density at radius 3 is 1.96 bits per heavy atom. The lowest BCUT2D eigenvalue weighted by atomic mass is 9.84. The van der Waals surface area contributed by atoms with E-state index < -0.39 is 0 Å². The smallest absolute Gasteiger partial charge is 0.223 e. The van der Waals surface area contributed by atoms with Gasteiger partial charge in [0.25, 0.3) is 0 Å². The summed E-state index contributed by atoms with van der Waals surface area (Å²) in [6.45, 7) is 0. The fourth-order valence-electron chi connectivity index (χ4n) is 2.45. The minimum absolute atomic E-state index is 0.139. The summed E-state index contributed by atoms with van der Waals surface area (Å²) in [5, 5.41) is 0. The van der Waals surface area contributed by atoms with Gasteiger partial charge in [-0.3, -0.25) is 9.59 Å². The molecule has 0 saturated carbocycles. The number of hydrogen-bond donors (Lipinski definition) is 3. The van der Waals surface area contributed by atoms with E-state index in [-0.39, 0.29) is 29.0 Å². The van der Waals surface area contributed by atoms with E-state index >= 15 is 0 Å². The molecule has 0 bridgehead atoms. The van der Waals surface area contributed by atoms with Crippen LogP contribution in [0, 0.1) is 0 Å². The van der Waals surface area contributed by atoms with Gasteiger partial charge in [-0.25, -0.2) is 4.99 Å². The third-order valence-corrected chi connectivity index (χ3v) is 3.40. The maximum atomic E-state index is 12.6. The highest BCUT2D eigenvalue weighted by atomic mass is 16.1. The molecule has 0 atom stereocenters. The van der Waals surface area contributed by atoms with E-state index in [1.807, 2.05) is 0 Å². The van der Waals surface area contributed by atoms with Crippen LogP contribution in [0.5, 0.6) is 0 Å². The van der Waals surface area contributed by atoms with Gasteiger partial charge in [0.2, 0.25) is 5.96 Å². The van der Waals surface area contributed by atoms with Gasteiger partial charge in [0, 0.05) is 22.3 Å². The van der Waals surface area contributed by atoms with E-state index in [9.17, 15) is 9.59 Å². The fraction of sp³-hybridized carbons (Fsp3) is 0. The van der Waals surface area contributed by atoms with Crippen molar-refractivity contribution in [2.75, 3.05) is 0 Å². The summed E-state index contributed by atoms with van der Waals surface area (Å²) >= 11 is 0. The van der Waals surface area contributed by atoms with Crippen molar-refractivity contribution >= 4 is 29.2 Å². The average molecular weight is 307 g/mol. The van der Waals surface area contributed by atoms with Crippen molar-refractivity contribution in [1.29, 1.82) is 0 Å². The molecule has 114 valence electrons. The highest BCUT2D eigenvalue weighted by Gasteiger charge is 2.29. The van der Waals surface area contributed by atoms with Gasteiger partial charge < -0.3 is 17.2 Å². The van der Waals surface area contributed by atoms with Gasteiger partial charge in [0.05, 0.1) is 5.69 Å². The lowest BCUT2D eigenvalue weighted by molar-refractivity contribution is 0.0979. The fourth-order valence-corrected chi connectivity index (χ4v) is 2.45. The van der Waals surface area contributed by atoms with Crippen LogP contribution >= 0.6 is 0 Å². The predicted molar refractivity (Wildman–Crippen MR) is 86.8 cm³/mol. The Morgan fingerprint density at radius 1 is 0.783 bits per heavy atom. The first-order valence-corrected chi connectivity index (χ1v) is 6.73. The molecule has 2 aromatic rings. The number of fused-ring (bicyclic) bond motifs is 2. The maximum absolute atomic E-state index is 12.6. The number of ketones is 2. The molecule has 0 aromatic heterocycles. The van der Waals surface area contributed by atoms with Crippen LogP contribution in [-0.2, 0) is 0 Å². The molecule has 0 radical (unpaired) electrons. The number of guanidine groups is 2. The number of nitrogens with zero attached hydrogens (tertiary/aromatic N) is 2. The zero-order valence-electron chi connectivity index (χ0n) is 12.0. The highest BCUT2D eigenvalue weighted by molar-refractivity contribution is 6.28. The van der Waals surface area contributed by atoms with E-state index in [1.165, 1.54) is 6.07 Å². The van der Waals surface area contributed by atoms with E-state index in [0.29, 0.717) is 22.4 Å². The first-order valence-electron chi connectivity index (χ1n) is 6.73. The van der Waals surface area contributed by atoms with E-state index in [1.54, 1.807) is 36.4 Å². The van der Waals surface area contributed by atoms with Gasteiger partial charge in [0.1, 0.15) is 0 Å². The van der Waals surface area contributed by atoms with Crippen LogP contribution in [0.2, 0.25) is 0 Å². The van der Waals surface area contributed by atoms with Crippen molar-refractivity contribution < 1.29 is 9.59 Å². The van der Waals surface area contributed by atoms with Crippen molar-refractivity contribution in [3.05, 3.63) is 64.7 Å². The summed E-state index contributed by atoms with van der Waals surface area (Å²) in [4.78, 5) is 32.6. The van der Waals surface area contributed by atoms with Gasteiger partial charge in [-0.15, -0.1) is 0 Å². The first-order chi connectivity index (χ1) is 11.0. The molecule has 0 aliphatic heterocycles. The number of aliphatic imine (C=N–C) groups is 2. The SMILES string of the molecule is NC(N)=NC(N)=Nc1ccc2c(c1)C(=O)c1ccccc1C2=O. The molecule has 0 spiro atoms.